The van der Waals surface area contributed by atoms with Crippen LogP contribution in [0.4, 0.5) is 15.8 Å². The van der Waals surface area contributed by atoms with Gasteiger partial charge in [0.15, 0.2) is 5.82 Å². The number of nitrogens with zero attached hydrogens (tertiary/aromatic N) is 3. The van der Waals surface area contributed by atoms with Crippen LogP contribution in [0.2, 0.25) is 0 Å². The van der Waals surface area contributed by atoms with E-state index in [1.165, 1.54) is 18.2 Å². The van der Waals surface area contributed by atoms with E-state index in [-0.39, 0.29) is 17.9 Å². The number of aromatic nitrogens is 2. The number of para-hydroxylation sites is 1. The molecular formula is C12H13FN4O2. The zero-order chi connectivity index (χ0) is 14.0. The van der Waals surface area contributed by atoms with Gasteiger partial charge in [-0.3, -0.25) is 14.8 Å². The smallest absolute Gasteiger partial charge is 0.295 e. The molecule has 0 radical (unpaired) electrons. The van der Waals surface area contributed by atoms with E-state index < -0.39 is 10.7 Å². The Bertz CT molecular complexity index is 624. The number of anilines is 1. The average Bonchev–Trinajstić information content (AvgIpc) is 2.68. The van der Waals surface area contributed by atoms with Crippen molar-refractivity contribution < 1.29 is 9.31 Å². The van der Waals surface area contributed by atoms with Gasteiger partial charge in [-0.15, -0.1) is 0 Å². The summed E-state index contributed by atoms with van der Waals surface area (Å²) in [5.74, 6) is -0.643. The SMILES string of the molecule is Cc1c(CNc2c(F)cccc2[N+](=O)[O-])cnn1C. The van der Waals surface area contributed by atoms with Crippen molar-refractivity contribution in [3.8, 4) is 0 Å². The monoisotopic (exact) mass is 264 g/mol. The normalized spacial score (nSPS) is 10.5. The lowest BCUT2D eigenvalue weighted by Gasteiger charge is -2.07. The Morgan fingerprint density at radius 3 is 2.84 bits per heavy atom. The van der Waals surface area contributed by atoms with Crippen LogP contribution in [0.3, 0.4) is 0 Å². The van der Waals surface area contributed by atoms with E-state index in [9.17, 15) is 14.5 Å². The van der Waals surface area contributed by atoms with Gasteiger partial charge in [-0.2, -0.15) is 5.10 Å². The lowest BCUT2D eigenvalue weighted by atomic mass is 10.2. The fourth-order valence-corrected chi connectivity index (χ4v) is 1.74. The molecule has 0 saturated heterocycles. The van der Waals surface area contributed by atoms with Gasteiger partial charge in [0, 0.05) is 30.9 Å². The first-order valence-electron chi connectivity index (χ1n) is 5.65. The molecule has 100 valence electrons. The Labute approximate surface area is 109 Å². The predicted molar refractivity (Wildman–Crippen MR) is 68.3 cm³/mol. The maximum atomic E-state index is 13.6. The standard InChI is InChI=1S/C12H13FN4O2/c1-8-9(7-15-16(8)2)6-14-12-10(13)4-3-5-11(12)17(18)19/h3-5,7,14H,6H2,1-2H3. The third-order valence-corrected chi connectivity index (χ3v) is 2.98. The minimum Gasteiger partial charge on any atom is -0.373 e. The number of aryl methyl sites for hydroxylation is 1. The summed E-state index contributed by atoms with van der Waals surface area (Å²) in [6.45, 7) is 2.15. The molecule has 0 atom stereocenters. The molecule has 2 aromatic rings. The summed E-state index contributed by atoms with van der Waals surface area (Å²) in [5, 5.41) is 17.7. The van der Waals surface area contributed by atoms with Gasteiger partial charge in [0.2, 0.25) is 0 Å². The van der Waals surface area contributed by atoms with E-state index >= 15 is 0 Å². The zero-order valence-electron chi connectivity index (χ0n) is 10.6. The van der Waals surface area contributed by atoms with Gasteiger partial charge in [-0.05, 0) is 13.0 Å². The lowest BCUT2D eigenvalue weighted by Crippen LogP contribution is -2.05. The van der Waals surface area contributed by atoms with Crippen molar-refractivity contribution in [1.82, 2.24) is 9.78 Å². The Morgan fingerprint density at radius 1 is 1.53 bits per heavy atom. The first kappa shape index (κ1) is 13.0. The number of benzene rings is 1. The summed E-state index contributed by atoms with van der Waals surface area (Å²) in [5.41, 5.74) is 1.41. The molecule has 19 heavy (non-hydrogen) atoms. The first-order chi connectivity index (χ1) is 9.00. The van der Waals surface area contributed by atoms with E-state index in [2.05, 4.69) is 10.4 Å². The number of hydrogen-bond donors (Lipinski definition) is 1. The molecule has 0 bridgehead atoms. The van der Waals surface area contributed by atoms with Gasteiger partial charge in [0.25, 0.3) is 5.69 Å². The highest BCUT2D eigenvalue weighted by atomic mass is 19.1. The summed E-state index contributed by atoms with van der Waals surface area (Å²) in [6.07, 6.45) is 1.65. The fourth-order valence-electron chi connectivity index (χ4n) is 1.74. The molecule has 1 N–H and O–H groups in total. The quantitative estimate of drug-likeness (QED) is 0.679. The number of nitro benzene ring substituents is 1. The lowest BCUT2D eigenvalue weighted by molar-refractivity contribution is -0.384. The van der Waals surface area contributed by atoms with E-state index in [4.69, 9.17) is 0 Å². The second-order valence-corrected chi connectivity index (χ2v) is 4.12. The highest BCUT2D eigenvalue weighted by molar-refractivity contribution is 5.62. The Kier molecular flexibility index (Phi) is 3.46. The second-order valence-electron chi connectivity index (χ2n) is 4.12. The van der Waals surface area contributed by atoms with Crippen molar-refractivity contribution in [3.63, 3.8) is 0 Å². The van der Waals surface area contributed by atoms with Gasteiger partial charge in [0.1, 0.15) is 5.69 Å². The molecule has 0 aliphatic rings. The van der Waals surface area contributed by atoms with E-state index in [0.29, 0.717) is 0 Å². The highest BCUT2D eigenvalue weighted by Gasteiger charge is 2.17. The van der Waals surface area contributed by atoms with Crippen LogP contribution in [0.1, 0.15) is 11.3 Å². The number of nitro groups is 1. The number of halogens is 1. The summed E-state index contributed by atoms with van der Waals surface area (Å²) in [6, 6.07) is 3.76. The summed E-state index contributed by atoms with van der Waals surface area (Å²) in [4.78, 5) is 10.2. The van der Waals surface area contributed by atoms with Gasteiger partial charge >= 0.3 is 0 Å². The molecular weight excluding hydrogens is 251 g/mol. The number of nitrogens with one attached hydrogen (secondary N) is 1. The van der Waals surface area contributed by atoms with E-state index in [0.717, 1.165) is 11.3 Å². The molecule has 0 spiro atoms. The largest absolute Gasteiger partial charge is 0.373 e. The van der Waals surface area contributed by atoms with Gasteiger partial charge in [-0.25, -0.2) is 4.39 Å². The van der Waals surface area contributed by atoms with Gasteiger partial charge < -0.3 is 5.32 Å². The summed E-state index contributed by atoms with van der Waals surface area (Å²) < 4.78 is 15.3. The molecule has 0 saturated carbocycles. The summed E-state index contributed by atoms with van der Waals surface area (Å²) in [7, 11) is 1.80. The Hall–Kier alpha value is -2.44. The highest BCUT2D eigenvalue weighted by Crippen LogP contribution is 2.27. The van der Waals surface area contributed by atoms with Crippen molar-refractivity contribution in [2.75, 3.05) is 5.32 Å². The van der Waals surface area contributed by atoms with E-state index in [1.54, 1.807) is 17.9 Å². The third-order valence-electron chi connectivity index (χ3n) is 2.98. The maximum Gasteiger partial charge on any atom is 0.295 e. The van der Waals surface area contributed by atoms with Gasteiger partial charge in [-0.1, -0.05) is 6.07 Å². The fraction of sp³-hybridized carbons (Fsp3) is 0.250. The van der Waals surface area contributed by atoms with Crippen LogP contribution in [0, 0.1) is 22.9 Å². The van der Waals surface area contributed by atoms with Gasteiger partial charge in [0.05, 0.1) is 11.1 Å². The minimum atomic E-state index is -0.643. The van der Waals surface area contributed by atoms with Crippen molar-refractivity contribution in [1.29, 1.82) is 0 Å². The molecule has 7 heteroatoms. The molecule has 2 rings (SSSR count). The molecule has 1 aromatic carbocycles. The molecule has 6 nitrogen and oxygen atoms in total. The van der Waals surface area contributed by atoms with Crippen LogP contribution in [-0.2, 0) is 13.6 Å². The summed E-state index contributed by atoms with van der Waals surface area (Å²) >= 11 is 0. The molecule has 1 heterocycles. The molecule has 0 aliphatic heterocycles. The topological polar surface area (TPSA) is 73.0 Å². The minimum absolute atomic E-state index is 0.101. The van der Waals surface area contributed by atoms with Crippen molar-refractivity contribution in [2.45, 2.75) is 13.5 Å². The maximum absolute atomic E-state index is 13.6. The average molecular weight is 264 g/mol. The molecule has 0 aliphatic carbocycles. The van der Waals surface area contributed by atoms with Crippen molar-refractivity contribution in [3.05, 3.63) is 51.6 Å². The zero-order valence-corrected chi connectivity index (χ0v) is 10.6. The molecule has 0 unspecified atom stereocenters. The van der Waals surface area contributed by atoms with Crippen LogP contribution in [-0.4, -0.2) is 14.7 Å². The van der Waals surface area contributed by atoms with Crippen LogP contribution >= 0.6 is 0 Å². The molecule has 0 fully saturated rings. The predicted octanol–water partition coefficient (Wildman–Crippen LogP) is 2.39. The third kappa shape index (κ3) is 2.54. The Morgan fingerprint density at radius 2 is 2.26 bits per heavy atom. The molecule has 1 aromatic heterocycles. The number of hydrogen-bond acceptors (Lipinski definition) is 4. The van der Waals surface area contributed by atoms with Crippen LogP contribution in [0.25, 0.3) is 0 Å². The second kappa shape index (κ2) is 5.05. The van der Waals surface area contributed by atoms with Crippen LogP contribution in [0.5, 0.6) is 0 Å². The first-order valence-corrected chi connectivity index (χ1v) is 5.65. The van der Waals surface area contributed by atoms with Crippen LogP contribution < -0.4 is 5.32 Å². The molecule has 0 amide bonds. The number of rotatable bonds is 4. The Balaban J connectivity index is 2.24. The van der Waals surface area contributed by atoms with Crippen molar-refractivity contribution in [2.24, 2.45) is 7.05 Å². The van der Waals surface area contributed by atoms with E-state index in [1.807, 2.05) is 6.92 Å². The van der Waals surface area contributed by atoms with Crippen LogP contribution in [0.15, 0.2) is 24.4 Å². The van der Waals surface area contributed by atoms with Crippen molar-refractivity contribution >= 4 is 11.4 Å².